The molecule has 1 N–H and O–H groups in total. The number of nitrogens with zero attached hydrogens (tertiary/aromatic N) is 1. The molecule has 0 atom stereocenters. The monoisotopic (exact) mass is 328 g/mol. The van der Waals surface area contributed by atoms with E-state index in [-0.39, 0.29) is 5.82 Å². The van der Waals surface area contributed by atoms with Gasteiger partial charge in [0, 0.05) is 23.1 Å². The summed E-state index contributed by atoms with van der Waals surface area (Å²) in [5.74, 6) is -0.143. The van der Waals surface area contributed by atoms with Gasteiger partial charge in [0.2, 0.25) is 0 Å². The van der Waals surface area contributed by atoms with Crippen LogP contribution in [0.25, 0.3) is 0 Å². The van der Waals surface area contributed by atoms with Gasteiger partial charge >= 0.3 is 0 Å². The second-order valence-corrected chi connectivity index (χ2v) is 6.87. The molecule has 0 spiro atoms. The van der Waals surface area contributed by atoms with E-state index in [1.54, 1.807) is 0 Å². The highest BCUT2D eigenvalue weighted by molar-refractivity contribution is 9.10. The van der Waals surface area contributed by atoms with Crippen molar-refractivity contribution in [1.82, 2.24) is 10.2 Å². The smallest absolute Gasteiger partial charge is 0.128 e. The molecule has 1 aliphatic rings. The van der Waals surface area contributed by atoms with Crippen molar-refractivity contribution in [2.24, 2.45) is 5.41 Å². The van der Waals surface area contributed by atoms with E-state index in [1.807, 2.05) is 12.1 Å². The van der Waals surface area contributed by atoms with Gasteiger partial charge in [0.25, 0.3) is 0 Å². The Balaban J connectivity index is 1.83. The van der Waals surface area contributed by atoms with Crippen molar-refractivity contribution in [1.29, 1.82) is 0 Å². The topological polar surface area (TPSA) is 15.3 Å². The molecule has 0 amide bonds. The maximum Gasteiger partial charge on any atom is 0.128 e. The lowest BCUT2D eigenvalue weighted by atomic mass is 9.80. The SMILES string of the molecule is CN1CCC(C)(CNCc2ccc(Br)cc2F)CC1. The van der Waals surface area contributed by atoms with Crippen molar-refractivity contribution in [3.63, 3.8) is 0 Å². The molecule has 1 fully saturated rings. The van der Waals surface area contributed by atoms with Crippen LogP contribution in [-0.2, 0) is 6.54 Å². The average Bonchev–Trinajstić information content (AvgIpc) is 2.36. The van der Waals surface area contributed by atoms with Gasteiger partial charge in [-0.15, -0.1) is 0 Å². The first-order valence-electron chi connectivity index (χ1n) is 6.82. The predicted molar refractivity (Wildman–Crippen MR) is 80.6 cm³/mol. The minimum Gasteiger partial charge on any atom is -0.312 e. The maximum atomic E-state index is 13.7. The molecular weight excluding hydrogens is 307 g/mol. The van der Waals surface area contributed by atoms with Crippen molar-refractivity contribution in [3.8, 4) is 0 Å². The molecule has 1 aromatic rings. The Hall–Kier alpha value is -0.450. The predicted octanol–water partition coefficient (Wildman–Crippen LogP) is 3.41. The Morgan fingerprint density at radius 1 is 1.37 bits per heavy atom. The third-order valence-electron chi connectivity index (χ3n) is 4.08. The Labute approximate surface area is 123 Å². The summed E-state index contributed by atoms with van der Waals surface area (Å²) in [7, 11) is 2.17. The van der Waals surface area contributed by atoms with Crippen molar-refractivity contribution in [2.45, 2.75) is 26.3 Å². The Bertz CT molecular complexity index is 428. The first-order valence-corrected chi connectivity index (χ1v) is 7.61. The van der Waals surface area contributed by atoms with E-state index in [9.17, 15) is 4.39 Å². The normalized spacial score (nSPS) is 19.6. The summed E-state index contributed by atoms with van der Waals surface area (Å²) in [6.45, 7) is 6.20. The number of likely N-dealkylation sites (tertiary alicyclic amines) is 1. The van der Waals surface area contributed by atoms with Crippen LogP contribution >= 0.6 is 15.9 Å². The van der Waals surface area contributed by atoms with Gasteiger partial charge in [-0.2, -0.15) is 0 Å². The second kappa shape index (κ2) is 6.33. The molecule has 1 heterocycles. The zero-order valence-electron chi connectivity index (χ0n) is 11.7. The van der Waals surface area contributed by atoms with Crippen LogP contribution in [0.2, 0.25) is 0 Å². The summed E-state index contributed by atoms with van der Waals surface area (Å²) in [5, 5.41) is 3.41. The quantitative estimate of drug-likeness (QED) is 0.911. The van der Waals surface area contributed by atoms with Crippen LogP contribution in [0.5, 0.6) is 0 Å². The first-order chi connectivity index (χ1) is 8.98. The van der Waals surface area contributed by atoms with Gasteiger partial charge in [0.05, 0.1) is 0 Å². The van der Waals surface area contributed by atoms with Crippen LogP contribution in [0.15, 0.2) is 22.7 Å². The van der Waals surface area contributed by atoms with E-state index in [4.69, 9.17) is 0 Å². The molecule has 0 unspecified atom stereocenters. The fourth-order valence-corrected chi connectivity index (χ4v) is 2.83. The van der Waals surface area contributed by atoms with Gasteiger partial charge in [-0.05, 0) is 50.5 Å². The molecule has 106 valence electrons. The molecular formula is C15H22BrFN2. The Morgan fingerprint density at radius 3 is 2.68 bits per heavy atom. The highest BCUT2D eigenvalue weighted by Crippen LogP contribution is 2.29. The van der Waals surface area contributed by atoms with Crippen LogP contribution in [0.1, 0.15) is 25.3 Å². The third kappa shape index (κ3) is 4.26. The molecule has 1 aliphatic heterocycles. The van der Waals surface area contributed by atoms with Crippen molar-refractivity contribution in [2.75, 3.05) is 26.7 Å². The van der Waals surface area contributed by atoms with E-state index in [2.05, 4.69) is 40.1 Å². The summed E-state index contributed by atoms with van der Waals surface area (Å²) >= 11 is 3.28. The molecule has 1 saturated heterocycles. The lowest BCUT2D eigenvalue weighted by Gasteiger charge is -2.38. The van der Waals surface area contributed by atoms with E-state index < -0.39 is 0 Å². The van der Waals surface area contributed by atoms with Gasteiger partial charge in [-0.1, -0.05) is 28.9 Å². The molecule has 0 radical (unpaired) electrons. The Kier molecular flexibility index (Phi) is 4.98. The minimum atomic E-state index is -0.143. The van der Waals surface area contributed by atoms with Gasteiger partial charge in [-0.25, -0.2) is 4.39 Å². The van der Waals surface area contributed by atoms with Crippen LogP contribution in [0.3, 0.4) is 0 Å². The molecule has 2 rings (SSSR count). The molecule has 0 aliphatic carbocycles. The highest BCUT2D eigenvalue weighted by Gasteiger charge is 2.28. The maximum absolute atomic E-state index is 13.7. The second-order valence-electron chi connectivity index (χ2n) is 5.95. The zero-order valence-corrected chi connectivity index (χ0v) is 13.3. The largest absolute Gasteiger partial charge is 0.312 e. The van der Waals surface area contributed by atoms with Crippen molar-refractivity contribution >= 4 is 15.9 Å². The number of benzene rings is 1. The fraction of sp³-hybridized carbons (Fsp3) is 0.600. The Morgan fingerprint density at radius 2 is 2.05 bits per heavy atom. The third-order valence-corrected chi connectivity index (χ3v) is 4.57. The molecule has 4 heteroatoms. The molecule has 0 aromatic heterocycles. The molecule has 19 heavy (non-hydrogen) atoms. The highest BCUT2D eigenvalue weighted by atomic mass is 79.9. The number of rotatable bonds is 4. The summed E-state index contributed by atoms with van der Waals surface area (Å²) in [6.07, 6.45) is 2.42. The van der Waals surface area contributed by atoms with Crippen LogP contribution in [-0.4, -0.2) is 31.6 Å². The molecule has 1 aromatic carbocycles. The standard InChI is InChI=1S/C15H22BrFN2/c1-15(5-7-19(2)8-6-15)11-18-10-12-3-4-13(16)9-14(12)17/h3-4,9,18H,5-8,10-11H2,1-2H3. The van der Waals surface area contributed by atoms with Gasteiger partial charge < -0.3 is 10.2 Å². The number of piperidine rings is 1. The van der Waals surface area contributed by atoms with E-state index in [0.717, 1.165) is 29.7 Å². The zero-order chi connectivity index (χ0) is 13.9. The van der Waals surface area contributed by atoms with E-state index in [1.165, 1.54) is 18.9 Å². The van der Waals surface area contributed by atoms with Gasteiger partial charge in [0.15, 0.2) is 0 Å². The number of halogens is 2. The lowest BCUT2D eigenvalue weighted by Crippen LogP contribution is -2.41. The van der Waals surface area contributed by atoms with Crippen molar-refractivity contribution < 1.29 is 4.39 Å². The average molecular weight is 329 g/mol. The van der Waals surface area contributed by atoms with Crippen molar-refractivity contribution in [3.05, 3.63) is 34.1 Å². The van der Waals surface area contributed by atoms with E-state index in [0.29, 0.717) is 12.0 Å². The molecule has 0 bridgehead atoms. The minimum absolute atomic E-state index is 0.143. The van der Waals surface area contributed by atoms with Crippen LogP contribution < -0.4 is 5.32 Å². The van der Waals surface area contributed by atoms with Crippen LogP contribution in [0, 0.1) is 11.2 Å². The summed E-state index contributed by atoms with van der Waals surface area (Å²) in [4.78, 5) is 2.37. The lowest BCUT2D eigenvalue weighted by molar-refractivity contribution is 0.136. The number of hydrogen-bond acceptors (Lipinski definition) is 2. The van der Waals surface area contributed by atoms with E-state index >= 15 is 0 Å². The van der Waals surface area contributed by atoms with Gasteiger partial charge in [-0.3, -0.25) is 0 Å². The number of nitrogens with one attached hydrogen (secondary N) is 1. The number of hydrogen-bond donors (Lipinski definition) is 1. The molecule has 0 saturated carbocycles. The summed E-state index contributed by atoms with van der Waals surface area (Å²) < 4.78 is 14.5. The molecule has 2 nitrogen and oxygen atoms in total. The fourth-order valence-electron chi connectivity index (χ4n) is 2.50. The van der Waals surface area contributed by atoms with Crippen LogP contribution in [0.4, 0.5) is 4.39 Å². The summed E-state index contributed by atoms with van der Waals surface area (Å²) in [6, 6.07) is 5.25. The summed E-state index contributed by atoms with van der Waals surface area (Å²) in [5.41, 5.74) is 1.08. The first kappa shape index (κ1) is 14.9. The van der Waals surface area contributed by atoms with Gasteiger partial charge in [0.1, 0.15) is 5.82 Å².